The molecule has 0 fully saturated rings. The Hall–Kier alpha value is -7.88. The average Bonchev–Trinajstić information content (AvgIpc) is 3.33. The first-order valence-electron chi connectivity index (χ1n) is 19.2. The van der Waals surface area contributed by atoms with Gasteiger partial charge in [0.05, 0.1) is 55.2 Å². The molecule has 0 bridgehead atoms. The van der Waals surface area contributed by atoms with E-state index < -0.39 is 0 Å². The fourth-order valence-corrected chi connectivity index (χ4v) is 8.00. The van der Waals surface area contributed by atoms with Crippen LogP contribution in [0, 0.1) is 0 Å². The third-order valence-corrected chi connectivity index (χ3v) is 10.8. The molecule has 1 aliphatic rings. The van der Waals surface area contributed by atoms with Gasteiger partial charge < -0.3 is 0 Å². The van der Waals surface area contributed by atoms with Crippen LogP contribution in [0.25, 0.3) is 87.5 Å². The van der Waals surface area contributed by atoms with E-state index in [2.05, 4.69) is 78.4 Å². The van der Waals surface area contributed by atoms with Gasteiger partial charge in [0.25, 0.3) is 0 Å². The van der Waals surface area contributed by atoms with Crippen LogP contribution in [-0.2, 0) is 19.5 Å². The van der Waals surface area contributed by atoms with Gasteiger partial charge in [-0.25, -0.2) is 9.97 Å². The van der Waals surface area contributed by atoms with Crippen molar-refractivity contribution in [3.63, 3.8) is 0 Å². The Labute approximate surface area is 359 Å². The van der Waals surface area contributed by atoms with Gasteiger partial charge in [-0.3, -0.25) is 39.5 Å². The zero-order valence-corrected chi connectivity index (χ0v) is 33.7. The Morgan fingerprint density at radius 2 is 0.689 bits per heavy atom. The predicted molar refractivity (Wildman–Crippen MR) is 235 cm³/mol. The summed E-state index contributed by atoms with van der Waals surface area (Å²) in [7, 11) is 0. The summed E-state index contributed by atoms with van der Waals surface area (Å²) in [6, 6.07) is 42.2. The fraction of sp³-hybridized carbons (Fsp3) is 0. The van der Waals surface area contributed by atoms with Gasteiger partial charge in [-0.15, -0.1) is 0 Å². The quantitative estimate of drug-likeness (QED) is 0.0822. The molecule has 0 spiro atoms. The van der Waals surface area contributed by atoms with Gasteiger partial charge in [0.2, 0.25) is 0 Å². The Bertz CT molecular complexity index is 3530. The summed E-state index contributed by atoms with van der Waals surface area (Å²) in [6.07, 6.45) is 10.7. The molecule has 0 unspecified atom stereocenters. The molecule has 11 heteroatoms. The van der Waals surface area contributed by atoms with Gasteiger partial charge in [0.15, 0.2) is 11.6 Å². The first-order chi connectivity index (χ1) is 29.6. The molecule has 0 saturated heterocycles. The number of hydrogen-bond donors (Lipinski definition) is 0. The molecule has 288 valence electrons. The van der Waals surface area contributed by atoms with Crippen molar-refractivity contribution >= 4 is 99.1 Å². The van der Waals surface area contributed by atoms with E-state index in [9.17, 15) is 9.59 Å². The zero-order chi connectivity index (χ0) is 40.2. The maximum atomic E-state index is 13.4. The predicted octanol–water partition coefficient (Wildman–Crippen LogP) is 10.2. The number of carbonyl (C=O) groups is 2. The Morgan fingerprint density at radius 3 is 1.15 bits per heavy atom. The molecule has 0 amide bonds. The van der Waals surface area contributed by atoms with Crippen LogP contribution in [0.1, 0.15) is 31.8 Å². The van der Waals surface area contributed by atoms with E-state index in [1.54, 1.807) is 73.6 Å². The van der Waals surface area contributed by atoms with Crippen LogP contribution in [0.5, 0.6) is 0 Å². The molecular weight excluding hydrogens is 846 g/mol. The Morgan fingerprint density at radius 1 is 0.295 bits per heavy atom. The Balaban J connectivity index is 0.000000127. The maximum absolute atomic E-state index is 13.4. The van der Waals surface area contributed by atoms with E-state index in [-0.39, 0.29) is 31.0 Å². The van der Waals surface area contributed by atoms with Crippen molar-refractivity contribution in [2.24, 2.45) is 0 Å². The number of aromatic nitrogens is 8. The molecule has 0 atom stereocenters. The number of rotatable bonds is 0. The van der Waals surface area contributed by atoms with Gasteiger partial charge in [-0.05, 0) is 60.7 Å². The van der Waals surface area contributed by atoms with Crippen molar-refractivity contribution in [1.82, 2.24) is 39.9 Å². The van der Waals surface area contributed by atoms with E-state index in [1.807, 2.05) is 48.5 Å². The van der Waals surface area contributed by atoms with Crippen LogP contribution in [0.4, 0.5) is 0 Å². The van der Waals surface area contributed by atoms with Crippen molar-refractivity contribution in [3.05, 3.63) is 193 Å². The van der Waals surface area contributed by atoms with Crippen LogP contribution < -0.4 is 0 Å². The van der Waals surface area contributed by atoms with E-state index in [0.29, 0.717) is 44.3 Å². The summed E-state index contributed by atoms with van der Waals surface area (Å²) in [6.45, 7) is 0. The molecule has 61 heavy (non-hydrogen) atoms. The summed E-state index contributed by atoms with van der Waals surface area (Å²) in [5.74, 6) is -0.382. The third-order valence-electron chi connectivity index (χ3n) is 10.8. The van der Waals surface area contributed by atoms with Crippen LogP contribution >= 0.6 is 0 Å². The summed E-state index contributed by atoms with van der Waals surface area (Å²) in [4.78, 5) is 62.8. The smallest absolute Gasteiger partial charge is 0.196 e. The fourth-order valence-electron chi connectivity index (χ4n) is 8.00. The van der Waals surface area contributed by atoms with E-state index in [0.717, 1.165) is 65.4 Å². The SMILES string of the molecule is O=C1c2ccccc2C(=O)c2c1ccc1nc3c4cccnc4c4ncccc4c3nc21.[Ru].c1cnc2c(c1)ccc1cccnc12.c1cnc2c(c1)ccc1cccnc12. The molecule has 12 aromatic rings. The molecule has 5 aromatic carbocycles. The summed E-state index contributed by atoms with van der Waals surface area (Å²) in [5.41, 5.74) is 9.18. The molecule has 0 N–H and O–H groups in total. The third kappa shape index (κ3) is 6.30. The van der Waals surface area contributed by atoms with Crippen molar-refractivity contribution in [3.8, 4) is 0 Å². The summed E-state index contributed by atoms with van der Waals surface area (Å²) < 4.78 is 0. The number of benzene rings is 5. The molecular formula is C50H28N8O2Ru. The number of nitrogens with zero attached hydrogens (tertiary/aromatic N) is 8. The first-order valence-corrected chi connectivity index (χ1v) is 19.2. The van der Waals surface area contributed by atoms with Gasteiger partial charge in [-0.2, -0.15) is 0 Å². The van der Waals surface area contributed by atoms with Crippen molar-refractivity contribution in [2.45, 2.75) is 0 Å². The number of carbonyl (C=O) groups excluding carboxylic acids is 2. The van der Waals surface area contributed by atoms with Gasteiger partial charge >= 0.3 is 0 Å². The molecule has 13 rings (SSSR count). The average molecular weight is 874 g/mol. The number of fused-ring (bicyclic) bond motifs is 16. The monoisotopic (exact) mass is 874 g/mol. The summed E-state index contributed by atoms with van der Waals surface area (Å²) in [5, 5.41) is 6.19. The van der Waals surface area contributed by atoms with Crippen LogP contribution in [0.2, 0.25) is 0 Å². The maximum Gasteiger partial charge on any atom is 0.196 e. The molecule has 10 nitrogen and oxygen atoms in total. The number of pyridine rings is 6. The van der Waals surface area contributed by atoms with Crippen LogP contribution in [-0.4, -0.2) is 51.4 Å². The standard InChI is InChI=1S/C26H12N4O2.2C12H8N2.Ru/c31-25-13-5-1-2-6-14(13)26(32)19-15(25)9-10-18-24(19)30-23-17-8-4-12-28-21(17)20-16(22(23)29-18)7-3-11-27-20;2*1-3-9-5-6-10-4-2-8-14-12(10)11(9)13-7-1;/h1-12H;2*1-8H;. The topological polar surface area (TPSA) is 137 Å². The second kappa shape index (κ2) is 15.4. The molecule has 0 radical (unpaired) electrons. The molecule has 7 aromatic heterocycles. The van der Waals surface area contributed by atoms with E-state index >= 15 is 0 Å². The Kier molecular flexibility index (Phi) is 9.43. The molecule has 0 saturated carbocycles. The molecule has 0 aliphatic heterocycles. The van der Waals surface area contributed by atoms with Crippen molar-refractivity contribution in [2.75, 3.05) is 0 Å². The minimum absolute atomic E-state index is 0. The second-order valence-electron chi connectivity index (χ2n) is 14.2. The van der Waals surface area contributed by atoms with E-state index in [1.165, 1.54) is 0 Å². The number of hydrogen-bond acceptors (Lipinski definition) is 10. The van der Waals surface area contributed by atoms with Crippen molar-refractivity contribution < 1.29 is 29.1 Å². The van der Waals surface area contributed by atoms with Gasteiger partial charge in [-0.1, -0.05) is 72.8 Å². The van der Waals surface area contributed by atoms with Gasteiger partial charge in [0, 0.05) is 106 Å². The molecule has 7 heterocycles. The van der Waals surface area contributed by atoms with Crippen molar-refractivity contribution in [1.29, 1.82) is 0 Å². The largest absolute Gasteiger partial charge is 0.289 e. The molecule has 1 aliphatic carbocycles. The number of ketones is 2. The van der Waals surface area contributed by atoms with E-state index in [4.69, 9.17) is 9.97 Å². The minimum Gasteiger partial charge on any atom is -0.289 e. The van der Waals surface area contributed by atoms with Crippen LogP contribution in [0.15, 0.2) is 171 Å². The zero-order valence-electron chi connectivity index (χ0n) is 31.9. The first kappa shape index (κ1) is 37.4. The normalized spacial score (nSPS) is 11.9. The van der Waals surface area contributed by atoms with Crippen LogP contribution in [0.3, 0.4) is 0 Å². The second-order valence-corrected chi connectivity index (χ2v) is 14.2. The van der Waals surface area contributed by atoms with Gasteiger partial charge in [0.1, 0.15) is 5.52 Å². The summed E-state index contributed by atoms with van der Waals surface area (Å²) >= 11 is 0. The minimum atomic E-state index is -0.209.